The van der Waals surface area contributed by atoms with Crippen LogP contribution in [0.2, 0.25) is 5.02 Å². The van der Waals surface area contributed by atoms with E-state index in [2.05, 4.69) is 10.9 Å². The molecule has 0 saturated heterocycles. The Balaban J connectivity index is 1.45. The van der Waals surface area contributed by atoms with Gasteiger partial charge in [-0.25, -0.2) is 4.79 Å². The fourth-order valence-electron chi connectivity index (χ4n) is 2.68. The normalized spacial score (nSPS) is 14.9. The average Bonchev–Trinajstić information content (AvgIpc) is 2.95. The number of amides is 2. The second-order valence-corrected chi connectivity index (χ2v) is 6.42. The van der Waals surface area contributed by atoms with E-state index in [0.29, 0.717) is 21.9 Å². The van der Waals surface area contributed by atoms with E-state index in [-0.39, 0.29) is 13.0 Å². The van der Waals surface area contributed by atoms with E-state index in [9.17, 15) is 14.4 Å². The van der Waals surface area contributed by atoms with Gasteiger partial charge >= 0.3 is 5.97 Å². The molecule has 0 aromatic heterocycles. The number of ether oxygens (including phenoxy) is 2. The molecule has 0 spiro atoms. The zero-order chi connectivity index (χ0) is 19.4. The largest absolute Gasteiger partial charge is 0.483 e. The van der Waals surface area contributed by atoms with Gasteiger partial charge in [-0.05, 0) is 36.8 Å². The summed E-state index contributed by atoms with van der Waals surface area (Å²) in [4.78, 5) is 35.6. The van der Waals surface area contributed by atoms with E-state index in [1.807, 2.05) is 6.92 Å². The zero-order valence-corrected chi connectivity index (χ0v) is 15.2. The number of rotatable bonds is 5. The van der Waals surface area contributed by atoms with Crippen LogP contribution in [0.25, 0.3) is 0 Å². The van der Waals surface area contributed by atoms with Crippen LogP contribution in [0.15, 0.2) is 42.5 Å². The van der Waals surface area contributed by atoms with E-state index >= 15 is 0 Å². The van der Waals surface area contributed by atoms with Crippen LogP contribution >= 0.6 is 11.6 Å². The van der Waals surface area contributed by atoms with Crippen LogP contribution in [0.5, 0.6) is 5.75 Å². The second-order valence-electron chi connectivity index (χ2n) is 5.98. The van der Waals surface area contributed by atoms with Crippen molar-refractivity contribution < 1.29 is 23.9 Å². The molecule has 0 bridgehead atoms. The first-order valence-electron chi connectivity index (χ1n) is 8.20. The molecular formula is C19H17ClN2O5. The minimum Gasteiger partial charge on any atom is -0.483 e. The van der Waals surface area contributed by atoms with Gasteiger partial charge in [-0.3, -0.25) is 20.4 Å². The van der Waals surface area contributed by atoms with Gasteiger partial charge in [0.25, 0.3) is 5.91 Å². The first kappa shape index (κ1) is 18.7. The Kier molecular flexibility index (Phi) is 5.61. The summed E-state index contributed by atoms with van der Waals surface area (Å²) >= 11 is 5.86. The molecule has 2 aromatic rings. The number of benzene rings is 2. The van der Waals surface area contributed by atoms with Crippen LogP contribution in [0.1, 0.15) is 34.0 Å². The molecule has 2 aromatic carbocycles. The van der Waals surface area contributed by atoms with E-state index in [1.165, 1.54) is 0 Å². The van der Waals surface area contributed by atoms with Gasteiger partial charge in [-0.1, -0.05) is 29.8 Å². The molecule has 2 amide bonds. The summed E-state index contributed by atoms with van der Waals surface area (Å²) in [5.74, 6) is -0.948. The van der Waals surface area contributed by atoms with E-state index < -0.39 is 23.9 Å². The molecule has 8 heteroatoms. The third-order valence-corrected chi connectivity index (χ3v) is 4.22. The smallest absolute Gasteiger partial charge is 0.339 e. The SMILES string of the molecule is Cc1cc(Cl)ccc1OCC(=O)NNC(=O)CC1OC(=O)c2ccccc21. The van der Waals surface area contributed by atoms with Gasteiger partial charge in [0, 0.05) is 10.6 Å². The maximum Gasteiger partial charge on any atom is 0.339 e. The van der Waals surface area contributed by atoms with E-state index in [4.69, 9.17) is 21.1 Å². The summed E-state index contributed by atoms with van der Waals surface area (Å²) in [5.41, 5.74) is 6.45. The maximum absolute atomic E-state index is 12.0. The highest BCUT2D eigenvalue weighted by Crippen LogP contribution is 2.32. The van der Waals surface area contributed by atoms with Gasteiger partial charge in [-0.2, -0.15) is 0 Å². The lowest BCUT2D eigenvalue weighted by Crippen LogP contribution is -2.44. The maximum atomic E-state index is 12.0. The van der Waals surface area contributed by atoms with Crippen LogP contribution in [0, 0.1) is 6.92 Å². The quantitative estimate of drug-likeness (QED) is 0.606. The number of nitrogens with one attached hydrogen (secondary N) is 2. The predicted octanol–water partition coefficient (Wildman–Crippen LogP) is 2.48. The van der Waals surface area contributed by atoms with Crippen LogP contribution in [-0.2, 0) is 14.3 Å². The van der Waals surface area contributed by atoms with Crippen molar-refractivity contribution in [2.45, 2.75) is 19.4 Å². The van der Waals surface area contributed by atoms with Gasteiger partial charge in [0.1, 0.15) is 11.9 Å². The molecule has 0 fully saturated rings. The van der Waals surface area contributed by atoms with Crippen molar-refractivity contribution in [3.8, 4) is 5.75 Å². The van der Waals surface area contributed by atoms with Crippen LogP contribution in [0.4, 0.5) is 0 Å². The molecule has 1 heterocycles. The number of hydrazine groups is 1. The monoisotopic (exact) mass is 388 g/mol. The van der Waals surface area contributed by atoms with Crippen molar-refractivity contribution in [1.29, 1.82) is 0 Å². The Hall–Kier alpha value is -3.06. The van der Waals surface area contributed by atoms with Gasteiger partial charge in [-0.15, -0.1) is 0 Å². The number of carbonyl (C=O) groups excluding carboxylic acids is 3. The molecule has 7 nitrogen and oxygen atoms in total. The molecule has 140 valence electrons. The lowest BCUT2D eigenvalue weighted by molar-refractivity contribution is -0.131. The molecule has 2 N–H and O–H groups in total. The summed E-state index contributed by atoms with van der Waals surface area (Å²) in [6.45, 7) is 1.53. The summed E-state index contributed by atoms with van der Waals surface area (Å²) in [7, 11) is 0. The molecule has 0 saturated carbocycles. The van der Waals surface area contributed by atoms with Crippen molar-refractivity contribution in [3.63, 3.8) is 0 Å². The fraction of sp³-hybridized carbons (Fsp3) is 0.211. The predicted molar refractivity (Wildman–Crippen MR) is 97.2 cm³/mol. The van der Waals surface area contributed by atoms with E-state index in [0.717, 1.165) is 5.56 Å². The molecule has 1 atom stereocenters. The number of carbonyl (C=O) groups is 3. The number of hydrogen-bond donors (Lipinski definition) is 2. The van der Waals surface area contributed by atoms with Crippen molar-refractivity contribution in [2.75, 3.05) is 6.61 Å². The van der Waals surface area contributed by atoms with Gasteiger partial charge in [0.05, 0.1) is 12.0 Å². The first-order valence-corrected chi connectivity index (χ1v) is 8.58. The topological polar surface area (TPSA) is 93.7 Å². The average molecular weight is 389 g/mol. The second kappa shape index (κ2) is 8.09. The highest BCUT2D eigenvalue weighted by Gasteiger charge is 2.32. The minimum absolute atomic E-state index is 0.0970. The van der Waals surface area contributed by atoms with E-state index in [1.54, 1.807) is 42.5 Å². The van der Waals surface area contributed by atoms with Gasteiger partial charge < -0.3 is 9.47 Å². The summed E-state index contributed by atoms with van der Waals surface area (Å²) in [5, 5.41) is 0.575. The number of fused-ring (bicyclic) bond motifs is 1. The molecule has 0 radical (unpaired) electrons. The lowest BCUT2D eigenvalue weighted by atomic mass is 10.0. The van der Waals surface area contributed by atoms with Crippen molar-refractivity contribution in [2.24, 2.45) is 0 Å². The fourth-order valence-corrected chi connectivity index (χ4v) is 2.91. The standard InChI is InChI=1S/C19H17ClN2O5/c1-11-8-12(20)6-7-15(11)26-10-18(24)22-21-17(23)9-16-13-4-2-3-5-14(13)19(25)27-16/h2-8,16H,9-10H2,1H3,(H,21,23)(H,22,24). The Bertz CT molecular complexity index is 899. The van der Waals surface area contributed by atoms with Crippen molar-refractivity contribution in [1.82, 2.24) is 10.9 Å². The third kappa shape index (κ3) is 4.57. The minimum atomic E-state index is -0.668. The molecule has 1 unspecified atom stereocenters. The number of halogens is 1. The Morgan fingerprint density at radius 1 is 1.15 bits per heavy atom. The van der Waals surface area contributed by atoms with Crippen LogP contribution < -0.4 is 15.6 Å². The summed E-state index contributed by atoms with van der Waals surface area (Å²) < 4.78 is 10.6. The molecule has 1 aliphatic rings. The molecule has 27 heavy (non-hydrogen) atoms. The molecule has 0 aliphatic carbocycles. The molecular weight excluding hydrogens is 372 g/mol. The Morgan fingerprint density at radius 3 is 2.67 bits per heavy atom. The number of cyclic esters (lactones) is 1. The van der Waals surface area contributed by atoms with Crippen LogP contribution in [0.3, 0.4) is 0 Å². The first-order chi connectivity index (χ1) is 12.9. The Labute approximate surface area is 160 Å². The summed E-state index contributed by atoms with van der Waals surface area (Å²) in [6.07, 6.45) is -0.765. The number of esters is 1. The number of aryl methyl sites for hydroxylation is 1. The highest BCUT2D eigenvalue weighted by atomic mass is 35.5. The summed E-state index contributed by atoms with van der Waals surface area (Å²) in [6, 6.07) is 11.9. The van der Waals surface area contributed by atoms with Gasteiger partial charge in [0.2, 0.25) is 5.91 Å². The third-order valence-electron chi connectivity index (χ3n) is 3.98. The zero-order valence-electron chi connectivity index (χ0n) is 14.5. The highest BCUT2D eigenvalue weighted by molar-refractivity contribution is 6.30. The molecule has 3 rings (SSSR count). The molecule has 1 aliphatic heterocycles. The Morgan fingerprint density at radius 2 is 1.89 bits per heavy atom. The number of hydrogen-bond acceptors (Lipinski definition) is 5. The van der Waals surface area contributed by atoms with Crippen LogP contribution in [-0.4, -0.2) is 24.4 Å². The lowest BCUT2D eigenvalue weighted by Gasteiger charge is -2.12. The van der Waals surface area contributed by atoms with Gasteiger partial charge in [0.15, 0.2) is 6.61 Å². The van der Waals surface area contributed by atoms with Crippen molar-refractivity contribution in [3.05, 3.63) is 64.2 Å². The van der Waals surface area contributed by atoms with Crippen molar-refractivity contribution >= 4 is 29.4 Å².